The molecule has 0 saturated carbocycles. The van der Waals surface area contributed by atoms with Crippen LogP contribution in [0.2, 0.25) is 0 Å². The minimum atomic E-state index is -0.522. The van der Waals surface area contributed by atoms with Crippen LogP contribution in [0.1, 0.15) is 25.6 Å². The van der Waals surface area contributed by atoms with Crippen molar-refractivity contribution >= 4 is 28.9 Å². The molecule has 1 aromatic heterocycles. The molecule has 2 rings (SSSR count). The van der Waals surface area contributed by atoms with Crippen molar-refractivity contribution in [3.63, 3.8) is 0 Å². The number of thiophene rings is 1. The predicted molar refractivity (Wildman–Crippen MR) is 74.7 cm³/mol. The zero-order chi connectivity index (χ0) is 14.7. The maximum absolute atomic E-state index is 13.3. The van der Waals surface area contributed by atoms with Crippen molar-refractivity contribution in [2.24, 2.45) is 0 Å². The Morgan fingerprint density at radius 1 is 1.30 bits per heavy atom. The van der Waals surface area contributed by atoms with E-state index in [4.69, 9.17) is 0 Å². The van der Waals surface area contributed by atoms with Crippen LogP contribution in [-0.4, -0.2) is 19.0 Å². The number of ether oxygens (including phenoxy) is 1. The molecule has 0 spiro atoms. The van der Waals surface area contributed by atoms with E-state index in [1.165, 1.54) is 13.2 Å². The van der Waals surface area contributed by atoms with E-state index in [1.807, 2.05) is 0 Å². The van der Waals surface area contributed by atoms with Crippen molar-refractivity contribution in [3.8, 4) is 0 Å². The molecule has 2 aromatic rings. The molecule has 0 radical (unpaired) electrons. The number of amides is 1. The first kappa shape index (κ1) is 14.2. The number of methoxy groups -OCH3 is 1. The van der Waals surface area contributed by atoms with Gasteiger partial charge in [-0.2, -0.15) is 0 Å². The molecule has 0 atom stereocenters. The monoisotopic (exact) mass is 293 g/mol. The fraction of sp³-hybridized carbons (Fsp3) is 0.143. The van der Waals surface area contributed by atoms with Crippen LogP contribution in [0, 0.1) is 12.7 Å². The van der Waals surface area contributed by atoms with Gasteiger partial charge in [0, 0.05) is 5.56 Å². The topological polar surface area (TPSA) is 55.4 Å². The Bertz CT molecular complexity index is 646. The van der Waals surface area contributed by atoms with Crippen LogP contribution in [0.15, 0.2) is 29.6 Å². The van der Waals surface area contributed by atoms with Gasteiger partial charge in [-0.1, -0.05) is 0 Å². The predicted octanol–water partition coefficient (Wildman–Crippen LogP) is 3.23. The average Bonchev–Trinajstić information content (AvgIpc) is 2.84. The van der Waals surface area contributed by atoms with Crippen LogP contribution in [0.4, 0.5) is 10.1 Å². The lowest BCUT2D eigenvalue weighted by Gasteiger charge is -2.06. The molecule has 1 aromatic carbocycles. The fourth-order valence-corrected chi connectivity index (χ4v) is 2.49. The zero-order valence-electron chi connectivity index (χ0n) is 10.9. The van der Waals surface area contributed by atoms with E-state index >= 15 is 0 Å². The number of carbonyl (C=O) groups is 2. The number of aryl methyl sites for hydroxylation is 1. The van der Waals surface area contributed by atoms with Gasteiger partial charge in [-0.25, -0.2) is 9.18 Å². The van der Waals surface area contributed by atoms with E-state index in [-0.39, 0.29) is 5.56 Å². The Balaban J connectivity index is 2.24. The third-order valence-electron chi connectivity index (χ3n) is 2.59. The van der Waals surface area contributed by atoms with E-state index in [0.717, 1.165) is 17.4 Å². The lowest BCUT2D eigenvalue weighted by molar-refractivity contribution is 0.0607. The average molecular weight is 293 g/mol. The molecule has 0 fully saturated rings. The van der Waals surface area contributed by atoms with Crippen LogP contribution < -0.4 is 5.32 Å². The third-order valence-corrected chi connectivity index (χ3v) is 3.48. The van der Waals surface area contributed by atoms with Crippen molar-refractivity contribution in [1.82, 2.24) is 0 Å². The van der Waals surface area contributed by atoms with Crippen LogP contribution in [0.3, 0.4) is 0 Å². The number of halogens is 1. The fourth-order valence-electron chi connectivity index (χ4n) is 1.72. The molecule has 104 valence electrons. The second-order valence-electron chi connectivity index (χ2n) is 4.13. The molecular formula is C14H12FNO3S. The summed E-state index contributed by atoms with van der Waals surface area (Å²) in [6.45, 7) is 1.70. The smallest absolute Gasteiger partial charge is 0.350 e. The first-order valence-electron chi connectivity index (χ1n) is 5.75. The number of hydrogen-bond acceptors (Lipinski definition) is 4. The minimum absolute atomic E-state index is 0.199. The van der Waals surface area contributed by atoms with Crippen molar-refractivity contribution in [1.29, 1.82) is 0 Å². The number of anilines is 1. The Hall–Kier alpha value is -2.21. The van der Waals surface area contributed by atoms with E-state index in [2.05, 4.69) is 10.1 Å². The highest BCUT2D eigenvalue weighted by atomic mass is 32.1. The summed E-state index contributed by atoms with van der Waals surface area (Å²) in [5.74, 6) is -1.48. The van der Waals surface area contributed by atoms with Gasteiger partial charge in [0.05, 0.1) is 12.8 Å². The standard InChI is InChI=1S/C14H12FNO3S/c1-8-5-9(7-10(15)6-8)13(17)16-11-3-4-20-12(11)14(18)19-2/h3-7H,1-2H3,(H,16,17). The zero-order valence-corrected chi connectivity index (χ0v) is 11.7. The summed E-state index contributed by atoms with van der Waals surface area (Å²) in [5.41, 5.74) is 1.20. The number of hydrogen-bond donors (Lipinski definition) is 1. The maximum Gasteiger partial charge on any atom is 0.350 e. The summed E-state index contributed by atoms with van der Waals surface area (Å²) in [5, 5.41) is 4.25. The van der Waals surface area contributed by atoms with E-state index in [0.29, 0.717) is 16.1 Å². The molecule has 0 aliphatic heterocycles. The molecular weight excluding hydrogens is 281 g/mol. The number of esters is 1. The summed E-state index contributed by atoms with van der Waals surface area (Å²) < 4.78 is 17.9. The van der Waals surface area contributed by atoms with Gasteiger partial charge in [0.2, 0.25) is 0 Å². The highest BCUT2D eigenvalue weighted by Crippen LogP contribution is 2.24. The van der Waals surface area contributed by atoms with Crippen LogP contribution in [0.25, 0.3) is 0 Å². The molecule has 1 amide bonds. The van der Waals surface area contributed by atoms with Gasteiger partial charge in [0.25, 0.3) is 5.91 Å². The summed E-state index contributed by atoms with van der Waals surface area (Å²) in [4.78, 5) is 23.9. The highest BCUT2D eigenvalue weighted by Gasteiger charge is 2.16. The second kappa shape index (κ2) is 5.83. The van der Waals surface area contributed by atoms with Gasteiger partial charge in [-0.05, 0) is 42.1 Å². The molecule has 6 heteroatoms. The number of carbonyl (C=O) groups excluding carboxylic acids is 2. The first-order chi connectivity index (χ1) is 9.51. The molecule has 1 heterocycles. The van der Waals surface area contributed by atoms with Crippen molar-refractivity contribution in [2.45, 2.75) is 6.92 Å². The first-order valence-corrected chi connectivity index (χ1v) is 6.63. The molecule has 0 aliphatic carbocycles. The van der Waals surface area contributed by atoms with E-state index in [1.54, 1.807) is 24.4 Å². The van der Waals surface area contributed by atoms with E-state index < -0.39 is 17.7 Å². The van der Waals surface area contributed by atoms with Gasteiger partial charge >= 0.3 is 5.97 Å². The van der Waals surface area contributed by atoms with E-state index in [9.17, 15) is 14.0 Å². The number of rotatable bonds is 3. The summed E-state index contributed by atoms with van der Waals surface area (Å²) >= 11 is 1.16. The lowest BCUT2D eigenvalue weighted by Crippen LogP contribution is -2.14. The van der Waals surface area contributed by atoms with Crippen LogP contribution >= 0.6 is 11.3 Å². The van der Waals surface area contributed by atoms with Gasteiger partial charge in [0.1, 0.15) is 10.7 Å². The van der Waals surface area contributed by atoms with Gasteiger partial charge < -0.3 is 10.1 Å². The molecule has 20 heavy (non-hydrogen) atoms. The van der Waals surface area contributed by atoms with Gasteiger partial charge in [-0.3, -0.25) is 4.79 Å². The molecule has 4 nitrogen and oxygen atoms in total. The third kappa shape index (κ3) is 3.03. The van der Waals surface area contributed by atoms with Crippen molar-refractivity contribution < 1.29 is 18.7 Å². The van der Waals surface area contributed by atoms with Gasteiger partial charge in [-0.15, -0.1) is 11.3 Å². The molecule has 1 N–H and O–H groups in total. The molecule has 0 aliphatic rings. The van der Waals surface area contributed by atoms with Crippen LogP contribution in [-0.2, 0) is 4.74 Å². The summed E-state index contributed by atoms with van der Waals surface area (Å²) in [6, 6.07) is 5.65. The van der Waals surface area contributed by atoms with Crippen molar-refractivity contribution in [2.75, 3.05) is 12.4 Å². The second-order valence-corrected chi connectivity index (χ2v) is 5.04. The molecule has 0 saturated heterocycles. The largest absolute Gasteiger partial charge is 0.465 e. The number of benzene rings is 1. The Labute approximate surface area is 119 Å². The molecule has 0 bridgehead atoms. The van der Waals surface area contributed by atoms with Gasteiger partial charge in [0.15, 0.2) is 0 Å². The lowest BCUT2D eigenvalue weighted by atomic mass is 10.1. The maximum atomic E-state index is 13.3. The minimum Gasteiger partial charge on any atom is -0.465 e. The molecule has 0 unspecified atom stereocenters. The summed E-state index contributed by atoms with van der Waals surface area (Å²) in [7, 11) is 1.27. The normalized spacial score (nSPS) is 10.2. The van der Waals surface area contributed by atoms with Crippen LogP contribution in [0.5, 0.6) is 0 Å². The summed E-state index contributed by atoms with van der Waals surface area (Å²) in [6.07, 6.45) is 0. The van der Waals surface area contributed by atoms with Crippen molar-refractivity contribution in [3.05, 3.63) is 51.5 Å². The number of nitrogens with one attached hydrogen (secondary N) is 1. The Kier molecular flexibility index (Phi) is 4.14. The Morgan fingerprint density at radius 2 is 2.05 bits per heavy atom. The quantitative estimate of drug-likeness (QED) is 0.884. The Morgan fingerprint density at radius 3 is 2.70 bits per heavy atom. The highest BCUT2D eigenvalue weighted by molar-refractivity contribution is 7.12. The SMILES string of the molecule is COC(=O)c1sccc1NC(=O)c1cc(C)cc(F)c1.